The van der Waals surface area contributed by atoms with E-state index in [1.807, 2.05) is 12.1 Å². The SMILES string of the molecule is N#Cc1ccc(N2CCc3ccccc3C2)cc1Cl. The van der Waals surface area contributed by atoms with Crippen LogP contribution in [0, 0.1) is 11.3 Å². The van der Waals surface area contributed by atoms with Gasteiger partial charge in [-0.2, -0.15) is 5.26 Å². The summed E-state index contributed by atoms with van der Waals surface area (Å²) < 4.78 is 0. The number of nitriles is 1. The Bertz CT molecular complexity index is 658. The van der Waals surface area contributed by atoms with Crippen molar-refractivity contribution in [1.82, 2.24) is 0 Å². The number of nitrogens with zero attached hydrogens (tertiary/aromatic N) is 2. The molecule has 1 aliphatic heterocycles. The van der Waals surface area contributed by atoms with Crippen molar-refractivity contribution in [2.75, 3.05) is 11.4 Å². The van der Waals surface area contributed by atoms with E-state index in [0.717, 1.165) is 25.2 Å². The molecule has 1 heterocycles. The topological polar surface area (TPSA) is 27.0 Å². The van der Waals surface area contributed by atoms with Crippen molar-refractivity contribution in [1.29, 1.82) is 5.26 Å². The standard InChI is InChI=1S/C16H13ClN2/c17-16-9-15(6-5-13(16)10-18)19-8-7-12-3-1-2-4-14(12)11-19/h1-6,9H,7-8,11H2. The lowest BCUT2D eigenvalue weighted by molar-refractivity contribution is 0.732. The molecule has 0 radical (unpaired) electrons. The normalized spacial score (nSPS) is 13.8. The Morgan fingerprint density at radius 3 is 2.63 bits per heavy atom. The highest BCUT2D eigenvalue weighted by molar-refractivity contribution is 6.32. The Balaban J connectivity index is 1.89. The summed E-state index contributed by atoms with van der Waals surface area (Å²) in [6.45, 7) is 1.89. The minimum atomic E-state index is 0.527. The van der Waals surface area contributed by atoms with E-state index in [1.54, 1.807) is 6.07 Å². The minimum Gasteiger partial charge on any atom is -0.367 e. The fraction of sp³-hybridized carbons (Fsp3) is 0.188. The molecule has 0 bridgehead atoms. The number of hydrogen-bond acceptors (Lipinski definition) is 2. The van der Waals surface area contributed by atoms with Gasteiger partial charge in [0.15, 0.2) is 0 Å². The van der Waals surface area contributed by atoms with E-state index < -0.39 is 0 Å². The fourth-order valence-electron chi connectivity index (χ4n) is 2.51. The molecule has 0 N–H and O–H groups in total. The lowest BCUT2D eigenvalue weighted by Crippen LogP contribution is -2.30. The van der Waals surface area contributed by atoms with E-state index in [-0.39, 0.29) is 0 Å². The van der Waals surface area contributed by atoms with Gasteiger partial charge in [-0.1, -0.05) is 35.9 Å². The molecule has 3 rings (SSSR count). The first-order valence-corrected chi connectivity index (χ1v) is 6.67. The second kappa shape index (κ2) is 4.95. The van der Waals surface area contributed by atoms with Gasteiger partial charge in [-0.3, -0.25) is 0 Å². The first-order chi connectivity index (χ1) is 9.28. The third kappa shape index (κ3) is 2.30. The molecule has 2 nitrogen and oxygen atoms in total. The molecule has 0 unspecified atom stereocenters. The van der Waals surface area contributed by atoms with Crippen LogP contribution in [0.15, 0.2) is 42.5 Å². The first-order valence-electron chi connectivity index (χ1n) is 6.29. The molecular formula is C16H13ClN2. The van der Waals surface area contributed by atoms with E-state index in [9.17, 15) is 0 Å². The van der Waals surface area contributed by atoms with Gasteiger partial charge < -0.3 is 4.90 Å². The van der Waals surface area contributed by atoms with Gasteiger partial charge >= 0.3 is 0 Å². The molecule has 94 valence electrons. The Morgan fingerprint density at radius 1 is 1.11 bits per heavy atom. The minimum absolute atomic E-state index is 0.527. The van der Waals surface area contributed by atoms with Crippen LogP contribution in [0.3, 0.4) is 0 Å². The van der Waals surface area contributed by atoms with Crippen molar-refractivity contribution in [3.05, 3.63) is 64.2 Å². The van der Waals surface area contributed by atoms with Crippen LogP contribution in [0.4, 0.5) is 5.69 Å². The van der Waals surface area contributed by atoms with Crippen molar-refractivity contribution >= 4 is 17.3 Å². The smallest absolute Gasteiger partial charge is 0.101 e. The summed E-state index contributed by atoms with van der Waals surface area (Å²) in [6.07, 6.45) is 1.05. The fourth-order valence-corrected chi connectivity index (χ4v) is 2.72. The van der Waals surface area contributed by atoms with E-state index in [1.165, 1.54) is 11.1 Å². The average molecular weight is 269 g/mol. The van der Waals surface area contributed by atoms with Crippen LogP contribution in [0.2, 0.25) is 5.02 Å². The van der Waals surface area contributed by atoms with E-state index >= 15 is 0 Å². The molecule has 3 heteroatoms. The zero-order chi connectivity index (χ0) is 13.2. The van der Waals surface area contributed by atoms with Crippen molar-refractivity contribution in [2.45, 2.75) is 13.0 Å². The van der Waals surface area contributed by atoms with Crippen LogP contribution < -0.4 is 4.90 Å². The maximum Gasteiger partial charge on any atom is 0.101 e. The predicted octanol–water partition coefficient (Wildman–Crippen LogP) is 3.77. The molecule has 19 heavy (non-hydrogen) atoms. The average Bonchev–Trinajstić information content (AvgIpc) is 2.46. The Morgan fingerprint density at radius 2 is 1.89 bits per heavy atom. The van der Waals surface area contributed by atoms with Gasteiger partial charge in [-0.15, -0.1) is 0 Å². The summed E-state index contributed by atoms with van der Waals surface area (Å²) in [5.74, 6) is 0. The molecule has 0 fully saturated rings. The molecule has 2 aromatic carbocycles. The summed E-state index contributed by atoms with van der Waals surface area (Å²) in [5.41, 5.74) is 4.41. The third-order valence-corrected chi connectivity index (χ3v) is 3.88. The van der Waals surface area contributed by atoms with Crippen molar-refractivity contribution in [3.63, 3.8) is 0 Å². The molecule has 0 saturated heterocycles. The summed E-state index contributed by atoms with van der Waals surface area (Å²) in [6, 6.07) is 16.3. The van der Waals surface area contributed by atoms with Gasteiger partial charge in [0.25, 0.3) is 0 Å². The molecule has 2 aromatic rings. The predicted molar refractivity (Wildman–Crippen MR) is 77.4 cm³/mol. The van der Waals surface area contributed by atoms with Crippen molar-refractivity contribution in [2.24, 2.45) is 0 Å². The summed E-state index contributed by atoms with van der Waals surface area (Å²) in [4.78, 5) is 2.30. The first kappa shape index (κ1) is 12.1. The number of hydrogen-bond donors (Lipinski definition) is 0. The van der Waals surface area contributed by atoms with Gasteiger partial charge in [0.1, 0.15) is 6.07 Å². The summed E-state index contributed by atoms with van der Waals surface area (Å²) in [7, 11) is 0. The molecule has 0 spiro atoms. The highest BCUT2D eigenvalue weighted by Crippen LogP contribution is 2.27. The molecule has 0 atom stereocenters. The highest BCUT2D eigenvalue weighted by Gasteiger charge is 2.16. The molecule has 0 amide bonds. The van der Waals surface area contributed by atoms with Crippen molar-refractivity contribution in [3.8, 4) is 6.07 Å². The van der Waals surface area contributed by atoms with Gasteiger partial charge in [0.2, 0.25) is 0 Å². The molecule has 0 saturated carbocycles. The second-order valence-electron chi connectivity index (χ2n) is 4.72. The Kier molecular flexibility index (Phi) is 3.15. The lowest BCUT2D eigenvalue weighted by atomic mass is 9.99. The summed E-state index contributed by atoms with van der Waals surface area (Å²) >= 11 is 6.10. The number of rotatable bonds is 1. The molecule has 0 aromatic heterocycles. The zero-order valence-corrected chi connectivity index (χ0v) is 11.2. The van der Waals surface area contributed by atoms with Gasteiger partial charge in [-0.25, -0.2) is 0 Å². The van der Waals surface area contributed by atoms with E-state index in [2.05, 4.69) is 35.2 Å². The monoisotopic (exact) mass is 268 g/mol. The van der Waals surface area contributed by atoms with Crippen LogP contribution >= 0.6 is 11.6 Å². The Labute approximate surface area is 117 Å². The van der Waals surface area contributed by atoms with Crippen LogP contribution in [-0.2, 0) is 13.0 Å². The Hall–Kier alpha value is -1.98. The largest absolute Gasteiger partial charge is 0.367 e. The number of anilines is 1. The zero-order valence-electron chi connectivity index (χ0n) is 10.4. The van der Waals surface area contributed by atoms with Gasteiger partial charge in [0, 0.05) is 18.8 Å². The summed E-state index contributed by atoms with van der Waals surface area (Å²) in [5, 5.41) is 9.43. The van der Waals surface area contributed by atoms with E-state index in [0.29, 0.717) is 10.6 Å². The number of benzene rings is 2. The number of fused-ring (bicyclic) bond motifs is 1. The van der Waals surface area contributed by atoms with Crippen LogP contribution in [0.5, 0.6) is 0 Å². The second-order valence-corrected chi connectivity index (χ2v) is 5.12. The van der Waals surface area contributed by atoms with E-state index in [4.69, 9.17) is 16.9 Å². The quantitative estimate of drug-likeness (QED) is 0.787. The van der Waals surface area contributed by atoms with Gasteiger partial charge in [0.05, 0.1) is 10.6 Å². The molecule has 0 aliphatic carbocycles. The number of halogens is 1. The molecular weight excluding hydrogens is 256 g/mol. The highest BCUT2D eigenvalue weighted by atomic mass is 35.5. The lowest BCUT2D eigenvalue weighted by Gasteiger charge is -2.30. The van der Waals surface area contributed by atoms with Crippen molar-refractivity contribution < 1.29 is 0 Å². The van der Waals surface area contributed by atoms with Crippen LogP contribution in [0.1, 0.15) is 16.7 Å². The molecule has 1 aliphatic rings. The van der Waals surface area contributed by atoms with Crippen LogP contribution in [-0.4, -0.2) is 6.54 Å². The maximum atomic E-state index is 8.90. The third-order valence-electron chi connectivity index (χ3n) is 3.57. The van der Waals surface area contributed by atoms with Gasteiger partial charge in [-0.05, 0) is 35.7 Å². The maximum absolute atomic E-state index is 8.90. The van der Waals surface area contributed by atoms with Crippen LogP contribution in [0.25, 0.3) is 0 Å².